The number of carbonyl (C=O) groups excluding carboxylic acids is 1. The highest BCUT2D eigenvalue weighted by molar-refractivity contribution is 6.32. The molecule has 0 radical (unpaired) electrons. The Kier molecular flexibility index (Phi) is 7.30. The van der Waals surface area contributed by atoms with Crippen LogP contribution in [0.15, 0.2) is 66.2 Å². The van der Waals surface area contributed by atoms with Crippen LogP contribution in [0, 0.1) is 17.1 Å². The highest BCUT2D eigenvalue weighted by Crippen LogP contribution is 2.32. The molecule has 0 aliphatic carbocycles. The van der Waals surface area contributed by atoms with Gasteiger partial charge < -0.3 is 10.1 Å². The van der Waals surface area contributed by atoms with E-state index >= 15 is 0 Å². The highest BCUT2D eigenvalue weighted by atomic mass is 35.5. The van der Waals surface area contributed by atoms with Crippen LogP contribution in [0.2, 0.25) is 10.0 Å². The topological polar surface area (TPSA) is 62.1 Å². The molecular weight excluding hydrogens is 438 g/mol. The van der Waals surface area contributed by atoms with Gasteiger partial charge in [0.05, 0.1) is 7.11 Å². The molecule has 7 heteroatoms. The minimum absolute atomic E-state index is 0.106. The van der Waals surface area contributed by atoms with Crippen molar-refractivity contribution in [2.24, 2.45) is 0 Å². The molecule has 0 bridgehead atoms. The first-order valence-corrected chi connectivity index (χ1v) is 9.94. The molecule has 0 unspecified atom stereocenters. The largest absolute Gasteiger partial charge is 0.496 e. The van der Waals surface area contributed by atoms with Gasteiger partial charge in [-0.05, 0) is 65.7 Å². The fourth-order valence-corrected chi connectivity index (χ4v) is 3.38. The molecular formula is C24H17Cl2FN2O2. The van der Waals surface area contributed by atoms with Gasteiger partial charge in [-0.2, -0.15) is 5.26 Å². The maximum Gasteiger partial charge on any atom is 0.266 e. The first-order valence-electron chi connectivity index (χ1n) is 9.19. The summed E-state index contributed by atoms with van der Waals surface area (Å²) >= 11 is 12.3. The number of anilines is 1. The molecule has 0 heterocycles. The number of benzene rings is 3. The van der Waals surface area contributed by atoms with E-state index in [4.69, 9.17) is 27.9 Å². The van der Waals surface area contributed by atoms with E-state index in [0.717, 1.165) is 5.56 Å². The van der Waals surface area contributed by atoms with Crippen LogP contribution in [0.3, 0.4) is 0 Å². The minimum Gasteiger partial charge on any atom is -0.496 e. The van der Waals surface area contributed by atoms with Gasteiger partial charge in [0.15, 0.2) is 0 Å². The van der Waals surface area contributed by atoms with Crippen molar-refractivity contribution in [2.75, 3.05) is 12.4 Å². The Balaban J connectivity index is 1.88. The lowest BCUT2D eigenvalue weighted by Crippen LogP contribution is -2.13. The second-order valence-corrected chi connectivity index (χ2v) is 7.46. The molecule has 3 aromatic rings. The molecule has 0 saturated heterocycles. The number of rotatable bonds is 6. The van der Waals surface area contributed by atoms with E-state index in [1.807, 2.05) is 6.07 Å². The minimum atomic E-state index is -0.566. The van der Waals surface area contributed by atoms with Gasteiger partial charge in [-0.3, -0.25) is 4.79 Å². The SMILES string of the molecule is COc1cc(/C=C(\C#N)C(=O)Nc2ccc(Cl)cc2)cc(Cl)c1Cc1cccc(F)c1. The van der Waals surface area contributed by atoms with Gasteiger partial charge in [0.2, 0.25) is 0 Å². The van der Waals surface area contributed by atoms with Gasteiger partial charge in [-0.15, -0.1) is 0 Å². The van der Waals surface area contributed by atoms with Crippen molar-refractivity contribution < 1.29 is 13.9 Å². The molecule has 0 atom stereocenters. The smallest absolute Gasteiger partial charge is 0.266 e. The van der Waals surface area contributed by atoms with Crippen LogP contribution < -0.4 is 10.1 Å². The first kappa shape index (κ1) is 22.4. The Morgan fingerprint density at radius 1 is 1.16 bits per heavy atom. The fourth-order valence-electron chi connectivity index (χ4n) is 2.97. The standard InChI is InChI=1S/C24H17Cl2FN2O2/c1-31-23-13-16(12-22(26)21(23)11-15-3-2-4-19(27)10-15)9-17(14-28)24(30)29-20-7-5-18(25)6-8-20/h2-10,12-13H,11H2,1H3,(H,29,30)/b17-9+. The average molecular weight is 455 g/mol. The molecule has 3 rings (SSSR count). The van der Waals surface area contributed by atoms with Crippen LogP contribution in [-0.4, -0.2) is 13.0 Å². The molecule has 1 amide bonds. The van der Waals surface area contributed by atoms with E-state index < -0.39 is 5.91 Å². The third-order valence-corrected chi connectivity index (χ3v) is 5.03. The summed E-state index contributed by atoms with van der Waals surface area (Å²) in [5.74, 6) is -0.431. The molecule has 31 heavy (non-hydrogen) atoms. The van der Waals surface area contributed by atoms with E-state index in [1.165, 1.54) is 25.3 Å². The van der Waals surface area contributed by atoms with Gasteiger partial charge in [0.1, 0.15) is 23.2 Å². The van der Waals surface area contributed by atoms with Crippen LogP contribution in [0.5, 0.6) is 5.75 Å². The number of nitriles is 1. The van der Waals surface area contributed by atoms with Crippen LogP contribution in [0.1, 0.15) is 16.7 Å². The number of methoxy groups -OCH3 is 1. The second-order valence-electron chi connectivity index (χ2n) is 6.62. The van der Waals surface area contributed by atoms with Crippen molar-refractivity contribution in [2.45, 2.75) is 6.42 Å². The molecule has 0 fully saturated rings. The Morgan fingerprint density at radius 2 is 1.90 bits per heavy atom. The van der Waals surface area contributed by atoms with E-state index in [9.17, 15) is 14.4 Å². The summed E-state index contributed by atoms with van der Waals surface area (Å²) in [6.07, 6.45) is 1.79. The summed E-state index contributed by atoms with van der Waals surface area (Å²) in [5.41, 5.74) is 2.34. The number of carbonyl (C=O) groups is 1. The zero-order valence-electron chi connectivity index (χ0n) is 16.5. The van der Waals surface area contributed by atoms with Crippen molar-refractivity contribution in [1.29, 1.82) is 5.26 Å². The monoisotopic (exact) mass is 454 g/mol. The van der Waals surface area contributed by atoms with Gasteiger partial charge >= 0.3 is 0 Å². The maximum atomic E-state index is 13.5. The summed E-state index contributed by atoms with van der Waals surface area (Å²) in [6.45, 7) is 0. The summed E-state index contributed by atoms with van der Waals surface area (Å²) in [4.78, 5) is 12.5. The Bertz CT molecular complexity index is 1190. The van der Waals surface area contributed by atoms with Gasteiger partial charge in [-0.25, -0.2) is 4.39 Å². The van der Waals surface area contributed by atoms with Gasteiger partial charge in [0.25, 0.3) is 5.91 Å². The molecule has 0 aliphatic rings. The lowest BCUT2D eigenvalue weighted by Gasteiger charge is -2.12. The highest BCUT2D eigenvalue weighted by Gasteiger charge is 2.14. The summed E-state index contributed by atoms with van der Waals surface area (Å²) in [7, 11) is 1.49. The molecule has 0 aromatic heterocycles. The number of amides is 1. The number of ether oxygens (including phenoxy) is 1. The van der Waals surface area contributed by atoms with Gasteiger partial charge in [0, 0.05) is 27.7 Å². The Hall–Kier alpha value is -3.33. The number of halogens is 3. The Labute approximate surface area is 189 Å². The molecule has 4 nitrogen and oxygen atoms in total. The first-order chi connectivity index (χ1) is 14.9. The van der Waals surface area contributed by atoms with Crippen molar-refractivity contribution >= 4 is 40.9 Å². The normalized spacial score (nSPS) is 11.0. The fraction of sp³-hybridized carbons (Fsp3) is 0.0833. The van der Waals surface area contributed by atoms with E-state index in [2.05, 4.69) is 5.32 Å². The van der Waals surface area contributed by atoms with E-state index in [0.29, 0.717) is 39.0 Å². The molecule has 156 valence electrons. The number of hydrogen-bond donors (Lipinski definition) is 1. The van der Waals surface area contributed by atoms with Crippen LogP contribution >= 0.6 is 23.2 Å². The van der Waals surface area contributed by atoms with Crippen LogP contribution in [0.4, 0.5) is 10.1 Å². The third-order valence-electron chi connectivity index (χ3n) is 4.44. The number of nitrogens with one attached hydrogen (secondary N) is 1. The zero-order valence-corrected chi connectivity index (χ0v) is 18.0. The number of hydrogen-bond acceptors (Lipinski definition) is 3. The van der Waals surface area contributed by atoms with E-state index in [-0.39, 0.29) is 11.4 Å². The molecule has 0 saturated carbocycles. The molecule has 1 N–H and O–H groups in total. The van der Waals surface area contributed by atoms with Gasteiger partial charge in [-0.1, -0.05) is 35.3 Å². The summed E-state index contributed by atoms with van der Waals surface area (Å²) < 4.78 is 19.0. The third kappa shape index (κ3) is 5.85. The molecule has 3 aromatic carbocycles. The van der Waals surface area contributed by atoms with Crippen molar-refractivity contribution in [3.63, 3.8) is 0 Å². The molecule has 0 aliphatic heterocycles. The lowest BCUT2D eigenvalue weighted by molar-refractivity contribution is -0.112. The predicted molar refractivity (Wildman–Crippen MR) is 121 cm³/mol. The summed E-state index contributed by atoms with van der Waals surface area (Å²) in [6, 6.07) is 18.0. The summed E-state index contributed by atoms with van der Waals surface area (Å²) in [5, 5.41) is 13.0. The second kappa shape index (κ2) is 10.1. The number of nitrogens with zero attached hydrogens (tertiary/aromatic N) is 1. The van der Waals surface area contributed by atoms with Crippen LogP contribution in [0.25, 0.3) is 6.08 Å². The van der Waals surface area contributed by atoms with Crippen molar-refractivity contribution in [3.05, 3.63) is 98.8 Å². The van der Waals surface area contributed by atoms with Crippen molar-refractivity contribution in [1.82, 2.24) is 0 Å². The Morgan fingerprint density at radius 3 is 2.55 bits per heavy atom. The lowest BCUT2D eigenvalue weighted by atomic mass is 10.0. The quantitative estimate of drug-likeness (QED) is 0.352. The predicted octanol–water partition coefficient (Wildman–Crippen LogP) is 6.28. The van der Waals surface area contributed by atoms with Crippen molar-refractivity contribution in [3.8, 4) is 11.8 Å². The molecule has 0 spiro atoms. The van der Waals surface area contributed by atoms with Crippen LogP contribution in [-0.2, 0) is 11.2 Å². The maximum absolute atomic E-state index is 13.5. The van der Waals surface area contributed by atoms with E-state index in [1.54, 1.807) is 48.5 Å². The zero-order chi connectivity index (χ0) is 22.4. The average Bonchev–Trinajstić information content (AvgIpc) is 2.75.